The first-order valence-corrected chi connectivity index (χ1v) is 7.41. The Morgan fingerprint density at radius 2 is 2.00 bits per heavy atom. The molecule has 0 aliphatic heterocycles. The third-order valence-electron chi connectivity index (χ3n) is 3.65. The SMILES string of the molecule is O=c1c2ncn(C3CC3)c2[nH]c(=S)n1-c1ccc(Cl)cc1. The third-order valence-corrected chi connectivity index (χ3v) is 4.19. The van der Waals surface area contributed by atoms with Crippen LogP contribution in [-0.2, 0) is 0 Å². The van der Waals surface area contributed by atoms with Crippen LogP contribution in [0.3, 0.4) is 0 Å². The van der Waals surface area contributed by atoms with Gasteiger partial charge in [0.15, 0.2) is 10.3 Å². The standard InChI is InChI=1S/C14H11ClN4OS/c15-8-1-3-10(4-2-8)19-13(20)11-12(17-14(19)21)18(7-16-11)9-5-6-9/h1-4,7,9H,5-6H2,(H,17,21). The minimum atomic E-state index is -0.213. The highest BCUT2D eigenvalue weighted by Gasteiger charge is 2.26. The van der Waals surface area contributed by atoms with E-state index in [1.54, 1.807) is 30.6 Å². The van der Waals surface area contributed by atoms with Gasteiger partial charge in [-0.3, -0.25) is 9.36 Å². The van der Waals surface area contributed by atoms with E-state index in [1.807, 2.05) is 4.57 Å². The fraction of sp³-hybridized carbons (Fsp3) is 0.214. The number of nitrogens with one attached hydrogen (secondary N) is 1. The Balaban J connectivity index is 2.00. The van der Waals surface area contributed by atoms with Crippen molar-refractivity contribution in [1.29, 1.82) is 0 Å². The summed E-state index contributed by atoms with van der Waals surface area (Å²) in [7, 11) is 0. The topological polar surface area (TPSA) is 55.6 Å². The third kappa shape index (κ3) is 2.02. The van der Waals surface area contributed by atoms with Crippen LogP contribution in [0.25, 0.3) is 16.9 Å². The number of hydrogen-bond acceptors (Lipinski definition) is 3. The largest absolute Gasteiger partial charge is 0.316 e. The molecule has 1 aliphatic carbocycles. The zero-order chi connectivity index (χ0) is 14.6. The zero-order valence-electron chi connectivity index (χ0n) is 10.9. The molecular weight excluding hydrogens is 308 g/mol. The normalized spacial score (nSPS) is 14.7. The summed E-state index contributed by atoms with van der Waals surface area (Å²) in [6.07, 6.45) is 3.94. The summed E-state index contributed by atoms with van der Waals surface area (Å²) in [6.45, 7) is 0. The molecule has 3 aromatic rings. The molecule has 2 aromatic heterocycles. The van der Waals surface area contributed by atoms with Crippen LogP contribution in [-0.4, -0.2) is 19.1 Å². The first-order valence-electron chi connectivity index (χ1n) is 6.63. The lowest BCUT2D eigenvalue weighted by atomic mass is 10.3. The summed E-state index contributed by atoms with van der Waals surface area (Å²) in [4.78, 5) is 20.0. The maximum Gasteiger partial charge on any atom is 0.287 e. The molecule has 0 amide bonds. The molecule has 0 unspecified atom stereocenters. The molecule has 5 nitrogen and oxygen atoms in total. The number of halogens is 1. The predicted octanol–water partition coefficient (Wildman–Crippen LogP) is 3.23. The van der Waals surface area contributed by atoms with Gasteiger partial charge in [0, 0.05) is 11.1 Å². The van der Waals surface area contributed by atoms with E-state index < -0.39 is 0 Å². The Labute approximate surface area is 129 Å². The van der Waals surface area contributed by atoms with Crippen molar-refractivity contribution in [3.63, 3.8) is 0 Å². The van der Waals surface area contributed by atoms with Crippen LogP contribution >= 0.6 is 23.8 Å². The van der Waals surface area contributed by atoms with Crippen molar-refractivity contribution in [3.8, 4) is 5.69 Å². The minimum Gasteiger partial charge on any atom is -0.316 e. The summed E-state index contributed by atoms with van der Waals surface area (Å²) in [6, 6.07) is 7.41. The van der Waals surface area contributed by atoms with Gasteiger partial charge in [0.1, 0.15) is 5.65 Å². The van der Waals surface area contributed by atoms with E-state index >= 15 is 0 Å². The Morgan fingerprint density at radius 3 is 2.67 bits per heavy atom. The van der Waals surface area contributed by atoms with Crippen molar-refractivity contribution in [1.82, 2.24) is 19.1 Å². The second-order valence-corrected chi connectivity index (χ2v) is 5.95. The molecule has 0 saturated heterocycles. The number of imidazole rings is 1. The second-order valence-electron chi connectivity index (χ2n) is 5.13. The Kier molecular flexibility index (Phi) is 2.77. The number of nitrogens with zero attached hydrogens (tertiary/aromatic N) is 3. The first kappa shape index (κ1) is 12.8. The maximum absolute atomic E-state index is 12.7. The molecule has 1 fully saturated rings. The lowest BCUT2D eigenvalue weighted by Crippen LogP contribution is -2.21. The van der Waals surface area contributed by atoms with Gasteiger partial charge < -0.3 is 9.55 Å². The summed E-state index contributed by atoms with van der Waals surface area (Å²) in [5, 5.41) is 0.612. The van der Waals surface area contributed by atoms with Gasteiger partial charge in [-0.15, -0.1) is 0 Å². The highest BCUT2D eigenvalue weighted by molar-refractivity contribution is 7.71. The van der Waals surface area contributed by atoms with E-state index in [4.69, 9.17) is 23.8 Å². The van der Waals surface area contributed by atoms with Gasteiger partial charge in [-0.05, 0) is 49.3 Å². The average Bonchev–Trinajstić information content (AvgIpc) is 3.22. The highest BCUT2D eigenvalue weighted by Crippen LogP contribution is 2.36. The van der Waals surface area contributed by atoms with Gasteiger partial charge in [-0.1, -0.05) is 11.6 Å². The summed E-state index contributed by atoms with van der Waals surface area (Å²) in [5.74, 6) is 0. The fourth-order valence-electron chi connectivity index (χ4n) is 2.45. The van der Waals surface area contributed by atoms with E-state index in [0.29, 0.717) is 32.7 Å². The molecule has 0 radical (unpaired) electrons. The molecule has 2 heterocycles. The van der Waals surface area contributed by atoms with Gasteiger partial charge in [0.2, 0.25) is 0 Å². The molecule has 1 aliphatic rings. The number of hydrogen-bond donors (Lipinski definition) is 1. The maximum atomic E-state index is 12.7. The predicted molar refractivity (Wildman–Crippen MR) is 83.8 cm³/mol. The summed E-state index contributed by atoms with van der Waals surface area (Å²) < 4.78 is 3.80. The molecular formula is C14H11ClN4OS. The van der Waals surface area contributed by atoms with Crippen LogP contribution in [0.1, 0.15) is 18.9 Å². The van der Waals surface area contributed by atoms with Crippen molar-refractivity contribution < 1.29 is 0 Å². The quantitative estimate of drug-likeness (QED) is 0.738. The lowest BCUT2D eigenvalue weighted by Gasteiger charge is -2.07. The zero-order valence-corrected chi connectivity index (χ0v) is 12.5. The lowest BCUT2D eigenvalue weighted by molar-refractivity contribution is 0.753. The Bertz CT molecular complexity index is 950. The van der Waals surface area contributed by atoms with Crippen LogP contribution in [0, 0.1) is 4.77 Å². The molecule has 0 atom stereocenters. The molecule has 0 bridgehead atoms. The molecule has 1 N–H and O–H groups in total. The monoisotopic (exact) mass is 318 g/mol. The van der Waals surface area contributed by atoms with E-state index in [9.17, 15) is 4.79 Å². The fourth-order valence-corrected chi connectivity index (χ4v) is 2.86. The van der Waals surface area contributed by atoms with Crippen molar-refractivity contribution in [2.24, 2.45) is 0 Å². The van der Waals surface area contributed by atoms with Crippen molar-refractivity contribution >= 4 is 35.0 Å². The van der Waals surface area contributed by atoms with E-state index in [1.165, 1.54) is 4.57 Å². The van der Waals surface area contributed by atoms with Crippen LogP contribution in [0.5, 0.6) is 0 Å². The molecule has 106 valence electrons. The summed E-state index contributed by atoms with van der Waals surface area (Å²) >= 11 is 11.2. The molecule has 4 rings (SSSR count). The summed E-state index contributed by atoms with van der Waals surface area (Å²) in [5.41, 5.74) is 1.58. The number of benzene rings is 1. The van der Waals surface area contributed by atoms with Gasteiger partial charge in [-0.2, -0.15) is 0 Å². The van der Waals surface area contributed by atoms with Gasteiger partial charge in [0.25, 0.3) is 5.56 Å². The number of aromatic nitrogens is 4. The number of aromatic amines is 1. The average molecular weight is 319 g/mol. The van der Waals surface area contributed by atoms with Crippen LogP contribution in [0.2, 0.25) is 5.02 Å². The smallest absolute Gasteiger partial charge is 0.287 e. The first-order chi connectivity index (χ1) is 10.1. The van der Waals surface area contributed by atoms with Crippen LogP contribution in [0.4, 0.5) is 0 Å². The van der Waals surface area contributed by atoms with Crippen molar-refractivity contribution in [3.05, 3.63) is 50.7 Å². The molecule has 7 heteroatoms. The van der Waals surface area contributed by atoms with Gasteiger partial charge in [0.05, 0.1) is 12.0 Å². The number of fused-ring (bicyclic) bond motifs is 1. The number of H-pyrrole nitrogens is 1. The van der Waals surface area contributed by atoms with Crippen LogP contribution < -0.4 is 5.56 Å². The van der Waals surface area contributed by atoms with Gasteiger partial charge in [-0.25, -0.2) is 4.98 Å². The Hall–Kier alpha value is -1.92. The molecule has 21 heavy (non-hydrogen) atoms. The van der Waals surface area contributed by atoms with E-state index in [-0.39, 0.29) is 5.56 Å². The second kappa shape index (κ2) is 4.54. The van der Waals surface area contributed by atoms with Gasteiger partial charge >= 0.3 is 0 Å². The number of rotatable bonds is 2. The Morgan fingerprint density at radius 1 is 1.29 bits per heavy atom. The molecule has 1 saturated carbocycles. The molecule has 0 spiro atoms. The van der Waals surface area contributed by atoms with E-state index in [2.05, 4.69) is 9.97 Å². The van der Waals surface area contributed by atoms with Crippen molar-refractivity contribution in [2.45, 2.75) is 18.9 Å². The molecule has 1 aromatic carbocycles. The minimum absolute atomic E-state index is 0.213. The van der Waals surface area contributed by atoms with Crippen molar-refractivity contribution in [2.75, 3.05) is 0 Å². The highest BCUT2D eigenvalue weighted by atomic mass is 35.5. The van der Waals surface area contributed by atoms with E-state index in [0.717, 1.165) is 12.8 Å². The van der Waals surface area contributed by atoms with Crippen LogP contribution in [0.15, 0.2) is 35.4 Å².